The molecule has 2 rings (SSSR count). The van der Waals surface area contributed by atoms with Gasteiger partial charge in [0.25, 0.3) is 5.91 Å². The summed E-state index contributed by atoms with van der Waals surface area (Å²) >= 11 is 1.41. The SMILES string of the molecule is C=CCc1cccc(O)c1C=Nc1sc(C)c(C)c1C(N)=O. The summed E-state index contributed by atoms with van der Waals surface area (Å²) in [6.07, 6.45) is 3.96. The van der Waals surface area contributed by atoms with E-state index in [1.54, 1.807) is 24.4 Å². The Labute approximate surface area is 133 Å². The lowest BCUT2D eigenvalue weighted by atomic mass is 10.0. The normalized spacial score (nSPS) is 11.0. The average molecular weight is 314 g/mol. The first-order valence-electron chi connectivity index (χ1n) is 6.81. The third-order valence-electron chi connectivity index (χ3n) is 3.46. The van der Waals surface area contributed by atoms with E-state index in [1.807, 2.05) is 19.9 Å². The van der Waals surface area contributed by atoms with E-state index in [9.17, 15) is 9.90 Å². The van der Waals surface area contributed by atoms with Crippen LogP contribution in [0.3, 0.4) is 0 Å². The molecule has 0 saturated carbocycles. The number of aromatic hydroxyl groups is 1. The molecule has 2 aromatic rings. The molecule has 22 heavy (non-hydrogen) atoms. The first kappa shape index (κ1) is 16.0. The Kier molecular flexibility index (Phi) is 4.78. The maximum atomic E-state index is 11.6. The monoisotopic (exact) mass is 314 g/mol. The summed E-state index contributed by atoms with van der Waals surface area (Å²) in [5.41, 5.74) is 8.28. The minimum absolute atomic E-state index is 0.147. The standard InChI is InChI=1S/C17H18N2O2S/c1-4-6-12-7-5-8-14(20)13(12)9-19-17-15(16(18)21)10(2)11(3)22-17/h4-5,7-9,20H,1,6H2,2-3H3,(H2,18,21). The molecule has 5 heteroatoms. The number of phenols is 1. The van der Waals surface area contributed by atoms with E-state index in [0.29, 0.717) is 22.5 Å². The third-order valence-corrected chi connectivity index (χ3v) is 4.58. The molecule has 0 unspecified atom stereocenters. The fourth-order valence-electron chi connectivity index (χ4n) is 2.20. The van der Waals surface area contributed by atoms with E-state index < -0.39 is 5.91 Å². The topological polar surface area (TPSA) is 75.7 Å². The Hall–Kier alpha value is -2.40. The molecule has 0 aliphatic carbocycles. The number of aliphatic imine (C=N–C) groups is 1. The number of allylic oxidation sites excluding steroid dienone is 1. The number of hydrogen-bond acceptors (Lipinski definition) is 4. The average Bonchev–Trinajstić information content (AvgIpc) is 2.74. The zero-order valence-electron chi connectivity index (χ0n) is 12.6. The highest BCUT2D eigenvalue weighted by Gasteiger charge is 2.16. The van der Waals surface area contributed by atoms with Gasteiger partial charge in [-0.2, -0.15) is 0 Å². The van der Waals surface area contributed by atoms with Crippen molar-refractivity contribution in [2.24, 2.45) is 10.7 Å². The second kappa shape index (κ2) is 6.58. The van der Waals surface area contributed by atoms with E-state index in [2.05, 4.69) is 11.6 Å². The number of phenolic OH excluding ortho intramolecular Hbond substituents is 1. The zero-order valence-corrected chi connectivity index (χ0v) is 13.4. The number of carbonyl (C=O) groups is 1. The largest absolute Gasteiger partial charge is 0.507 e. The molecule has 0 spiro atoms. The number of benzene rings is 1. The lowest BCUT2D eigenvalue weighted by Gasteiger charge is -2.05. The zero-order chi connectivity index (χ0) is 16.3. The maximum Gasteiger partial charge on any atom is 0.252 e. The van der Waals surface area contributed by atoms with Gasteiger partial charge in [-0.15, -0.1) is 17.9 Å². The van der Waals surface area contributed by atoms with Crippen LogP contribution in [0.2, 0.25) is 0 Å². The summed E-state index contributed by atoms with van der Waals surface area (Å²) in [4.78, 5) is 17.0. The highest BCUT2D eigenvalue weighted by atomic mass is 32.1. The number of aryl methyl sites for hydroxylation is 1. The molecule has 3 N–H and O–H groups in total. The van der Waals surface area contributed by atoms with E-state index in [4.69, 9.17) is 5.73 Å². The van der Waals surface area contributed by atoms with Crippen LogP contribution in [-0.2, 0) is 6.42 Å². The highest BCUT2D eigenvalue weighted by molar-refractivity contribution is 7.16. The van der Waals surface area contributed by atoms with E-state index >= 15 is 0 Å². The second-order valence-corrected chi connectivity index (χ2v) is 6.13. The van der Waals surface area contributed by atoms with Gasteiger partial charge in [0.2, 0.25) is 0 Å². The van der Waals surface area contributed by atoms with Crippen molar-refractivity contribution in [2.75, 3.05) is 0 Å². The molecule has 0 saturated heterocycles. The predicted octanol–water partition coefficient (Wildman–Crippen LogP) is 3.65. The van der Waals surface area contributed by atoms with Crippen LogP contribution in [0.25, 0.3) is 0 Å². The summed E-state index contributed by atoms with van der Waals surface area (Å²) in [5.74, 6) is -0.341. The molecule has 0 fully saturated rings. The van der Waals surface area contributed by atoms with Crippen LogP contribution in [0.4, 0.5) is 5.00 Å². The van der Waals surface area contributed by atoms with E-state index in [0.717, 1.165) is 16.0 Å². The van der Waals surface area contributed by atoms with Crippen molar-refractivity contribution in [2.45, 2.75) is 20.3 Å². The van der Waals surface area contributed by atoms with Crippen molar-refractivity contribution in [3.8, 4) is 5.75 Å². The fourth-order valence-corrected chi connectivity index (χ4v) is 3.20. The third kappa shape index (κ3) is 3.09. The number of amides is 1. The van der Waals surface area contributed by atoms with E-state index in [-0.39, 0.29) is 5.75 Å². The molecular weight excluding hydrogens is 296 g/mol. The van der Waals surface area contributed by atoms with Crippen LogP contribution in [0.1, 0.15) is 31.9 Å². The number of hydrogen-bond donors (Lipinski definition) is 2. The van der Waals surface area contributed by atoms with Crippen molar-refractivity contribution in [3.05, 3.63) is 58.0 Å². The van der Waals surface area contributed by atoms with Crippen molar-refractivity contribution in [1.29, 1.82) is 0 Å². The highest BCUT2D eigenvalue weighted by Crippen LogP contribution is 2.34. The van der Waals surface area contributed by atoms with Gasteiger partial charge in [-0.1, -0.05) is 18.2 Å². The van der Waals surface area contributed by atoms with Gasteiger partial charge in [0, 0.05) is 16.7 Å². The molecule has 0 atom stereocenters. The summed E-state index contributed by atoms with van der Waals surface area (Å²) in [6.45, 7) is 7.49. The Bertz CT molecular complexity index is 760. The van der Waals surface area contributed by atoms with Crippen LogP contribution >= 0.6 is 11.3 Å². The minimum atomic E-state index is -0.488. The summed E-state index contributed by atoms with van der Waals surface area (Å²) < 4.78 is 0. The van der Waals surface area contributed by atoms with Crippen LogP contribution < -0.4 is 5.73 Å². The molecule has 0 aliphatic rings. The Morgan fingerprint density at radius 1 is 1.45 bits per heavy atom. The molecule has 1 heterocycles. The number of nitrogens with two attached hydrogens (primary N) is 1. The van der Waals surface area contributed by atoms with E-state index in [1.165, 1.54) is 11.3 Å². The molecule has 1 aromatic carbocycles. The number of rotatable bonds is 5. The fraction of sp³-hybridized carbons (Fsp3) is 0.176. The van der Waals surface area contributed by atoms with Crippen LogP contribution in [0, 0.1) is 13.8 Å². The first-order valence-corrected chi connectivity index (χ1v) is 7.63. The van der Waals surface area contributed by atoms with Gasteiger partial charge in [-0.3, -0.25) is 4.79 Å². The molecule has 0 aliphatic heterocycles. The molecule has 1 amide bonds. The lowest BCUT2D eigenvalue weighted by molar-refractivity contribution is 0.100. The van der Waals surface area contributed by atoms with Crippen LogP contribution in [0.15, 0.2) is 35.8 Å². The molecule has 114 valence electrons. The smallest absolute Gasteiger partial charge is 0.252 e. The minimum Gasteiger partial charge on any atom is -0.507 e. The quantitative estimate of drug-likeness (QED) is 0.653. The van der Waals surface area contributed by atoms with Crippen molar-refractivity contribution < 1.29 is 9.90 Å². The molecule has 0 radical (unpaired) electrons. The molecule has 0 bridgehead atoms. The second-order valence-electron chi connectivity index (χ2n) is 4.93. The number of primary amides is 1. The van der Waals surface area contributed by atoms with Gasteiger partial charge in [0.05, 0.1) is 5.56 Å². The van der Waals surface area contributed by atoms with Gasteiger partial charge < -0.3 is 10.8 Å². The van der Waals surface area contributed by atoms with Crippen molar-refractivity contribution in [3.63, 3.8) is 0 Å². The van der Waals surface area contributed by atoms with Crippen LogP contribution in [0.5, 0.6) is 5.75 Å². The lowest BCUT2D eigenvalue weighted by Crippen LogP contribution is -2.11. The Morgan fingerprint density at radius 2 is 2.18 bits per heavy atom. The predicted molar refractivity (Wildman–Crippen MR) is 91.6 cm³/mol. The van der Waals surface area contributed by atoms with Crippen molar-refractivity contribution >= 4 is 28.5 Å². The maximum absolute atomic E-state index is 11.6. The summed E-state index contributed by atoms with van der Waals surface area (Å²) in [6, 6.07) is 5.29. The molecule has 1 aromatic heterocycles. The molecule has 4 nitrogen and oxygen atoms in total. The van der Waals surface area contributed by atoms with Gasteiger partial charge in [-0.05, 0) is 37.5 Å². The van der Waals surface area contributed by atoms with Gasteiger partial charge in [0.15, 0.2) is 0 Å². The summed E-state index contributed by atoms with van der Waals surface area (Å²) in [5, 5.41) is 10.6. The Morgan fingerprint density at radius 3 is 2.82 bits per heavy atom. The van der Waals surface area contributed by atoms with Gasteiger partial charge >= 0.3 is 0 Å². The van der Waals surface area contributed by atoms with Gasteiger partial charge in [-0.25, -0.2) is 4.99 Å². The van der Waals surface area contributed by atoms with Gasteiger partial charge in [0.1, 0.15) is 10.8 Å². The van der Waals surface area contributed by atoms with Crippen molar-refractivity contribution in [1.82, 2.24) is 0 Å². The summed E-state index contributed by atoms with van der Waals surface area (Å²) in [7, 11) is 0. The Balaban J connectivity index is 2.48. The van der Waals surface area contributed by atoms with Crippen LogP contribution in [-0.4, -0.2) is 17.2 Å². The number of thiophene rings is 1. The number of nitrogens with zero attached hydrogens (tertiary/aromatic N) is 1. The number of carbonyl (C=O) groups excluding carboxylic acids is 1. The first-order chi connectivity index (χ1) is 10.5. The molecular formula is C17H18N2O2S.